The van der Waals surface area contributed by atoms with Crippen LogP contribution >= 0.6 is 0 Å². The first-order valence-corrected chi connectivity index (χ1v) is 6.64. The van der Waals surface area contributed by atoms with E-state index >= 15 is 0 Å². The van der Waals surface area contributed by atoms with E-state index in [1.807, 2.05) is 0 Å². The number of hydrogen-bond donors (Lipinski definition) is 3. The summed E-state index contributed by atoms with van der Waals surface area (Å²) in [5, 5.41) is 9.84. The van der Waals surface area contributed by atoms with E-state index in [9.17, 15) is 4.79 Å². The average molecular weight is 252 g/mol. The molecule has 102 valence electrons. The van der Waals surface area contributed by atoms with E-state index < -0.39 is 0 Å². The number of H-pyrrole nitrogens is 1. The number of aryl methyl sites for hydroxylation is 1. The smallest absolute Gasteiger partial charge is 0.274 e. The first-order chi connectivity index (χ1) is 8.51. The Morgan fingerprint density at radius 2 is 2.11 bits per heavy atom. The van der Waals surface area contributed by atoms with Gasteiger partial charge in [0.2, 0.25) is 0 Å². The maximum absolute atomic E-state index is 12.1. The zero-order chi connectivity index (χ0) is 13.7. The zero-order valence-corrected chi connectivity index (χ0v) is 11.7. The fraction of sp³-hybridized carbons (Fsp3) is 0.692. The maximum atomic E-state index is 12.1. The van der Waals surface area contributed by atoms with Gasteiger partial charge in [-0.15, -0.1) is 0 Å². The van der Waals surface area contributed by atoms with Crippen LogP contribution < -0.4 is 11.1 Å². The highest BCUT2D eigenvalue weighted by Crippen LogP contribution is 2.16. The molecule has 0 bridgehead atoms. The third kappa shape index (κ3) is 3.24. The molecule has 1 heterocycles. The van der Waals surface area contributed by atoms with E-state index in [2.05, 4.69) is 43.2 Å². The summed E-state index contributed by atoms with van der Waals surface area (Å²) in [6, 6.07) is 0.156. The lowest BCUT2D eigenvalue weighted by Gasteiger charge is -2.20. The van der Waals surface area contributed by atoms with E-state index in [0.717, 1.165) is 25.0 Å². The molecule has 0 aliphatic carbocycles. The Morgan fingerprint density at radius 3 is 2.61 bits per heavy atom. The van der Waals surface area contributed by atoms with Crippen LogP contribution in [-0.4, -0.2) is 22.1 Å². The Kier molecular flexibility index (Phi) is 5.19. The van der Waals surface area contributed by atoms with Crippen LogP contribution in [0.25, 0.3) is 0 Å². The van der Waals surface area contributed by atoms with E-state index in [0.29, 0.717) is 17.3 Å². The van der Waals surface area contributed by atoms with Crippen LogP contribution in [0.1, 0.15) is 56.7 Å². The quantitative estimate of drug-likeness (QED) is 0.725. The van der Waals surface area contributed by atoms with Crippen molar-refractivity contribution in [1.82, 2.24) is 15.5 Å². The zero-order valence-electron chi connectivity index (χ0n) is 11.7. The molecule has 5 heteroatoms. The minimum Gasteiger partial charge on any atom is -0.395 e. The molecule has 1 unspecified atom stereocenters. The number of aromatic nitrogens is 2. The molecule has 0 aliphatic heterocycles. The summed E-state index contributed by atoms with van der Waals surface area (Å²) in [7, 11) is 0. The average Bonchev–Trinajstić information content (AvgIpc) is 2.68. The predicted molar refractivity (Wildman–Crippen MR) is 73.4 cm³/mol. The number of nitrogen functional groups attached to an aromatic ring is 1. The number of aromatic amines is 1. The van der Waals surface area contributed by atoms with Crippen LogP contribution in [0.15, 0.2) is 0 Å². The fourth-order valence-electron chi connectivity index (χ4n) is 1.98. The van der Waals surface area contributed by atoms with E-state index in [-0.39, 0.29) is 11.9 Å². The Morgan fingerprint density at radius 1 is 1.44 bits per heavy atom. The molecule has 5 nitrogen and oxygen atoms in total. The van der Waals surface area contributed by atoms with Gasteiger partial charge in [-0.25, -0.2) is 0 Å². The lowest BCUT2D eigenvalue weighted by molar-refractivity contribution is 0.0920. The van der Waals surface area contributed by atoms with Crippen molar-refractivity contribution in [3.63, 3.8) is 0 Å². The highest BCUT2D eigenvalue weighted by molar-refractivity contribution is 5.97. The second kappa shape index (κ2) is 6.42. The summed E-state index contributed by atoms with van der Waals surface area (Å²) in [6.45, 7) is 8.29. The number of amides is 1. The van der Waals surface area contributed by atoms with Gasteiger partial charge >= 0.3 is 0 Å². The van der Waals surface area contributed by atoms with Gasteiger partial charge in [0.15, 0.2) is 5.69 Å². The topological polar surface area (TPSA) is 83.8 Å². The monoisotopic (exact) mass is 252 g/mol. The van der Waals surface area contributed by atoms with Crippen LogP contribution in [0.4, 0.5) is 5.69 Å². The molecule has 1 rings (SSSR count). The second-order valence-electron chi connectivity index (χ2n) is 4.95. The third-order valence-corrected chi connectivity index (χ3v) is 3.16. The molecule has 0 aromatic carbocycles. The van der Waals surface area contributed by atoms with Gasteiger partial charge in [0, 0.05) is 6.04 Å². The normalized spacial score (nSPS) is 12.7. The Balaban J connectivity index is 2.78. The highest BCUT2D eigenvalue weighted by Gasteiger charge is 2.20. The van der Waals surface area contributed by atoms with Gasteiger partial charge in [0.05, 0.1) is 11.4 Å². The van der Waals surface area contributed by atoms with Gasteiger partial charge in [0.25, 0.3) is 5.91 Å². The second-order valence-corrected chi connectivity index (χ2v) is 4.95. The molecule has 0 aliphatic rings. The lowest BCUT2D eigenvalue weighted by atomic mass is 10.0. The molecular formula is C13H24N4O. The summed E-state index contributed by atoms with van der Waals surface area (Å²) in [4.78, 5) is 12.1. The fourth-order valence-corrected chi connectivity index (χ4v) is 1.98. The SMILES string of the molecule is CCCc1[nH]nc(C(=O)NC(CC)C(C)C)c1N. The van der Waals surface area contributed by atoms with Crippen molar-refractivity contribution < 1.29 is 4.79 Å². The first-order valence-electron chi connectivity index (χ1n) is 6.64. The van der Waals surface area contributed by atoms with Crippen molar-refractivity contribution >= 4 is 11.6 Å². The van der Waals surface area contributed by atoms with Crippen LogP contribution in [-0.2, 0) is 6.42 Å². The molecule has 0 saturated heterocycles. The summed E-state index contributed by atoms with van der Waals surface area (Å²) in [5.41, 5.74) is 7.57. The standard InChI is InChI=1S/C13H24N4O/c1-5-7-10-11(14)12(17-16-10)13(18)15-9(6-2)8(3)4/h8-9H,5-7,14H2,1-4H3,(H,15,18)(H,16,17). The van der Waals surface area contributed by atoms with Crippen molar-refractivity contribution in [2.24, 2.45) is 5.92 Å². The molecule has 0 fully saturated rings. The number of carbonyl (C=O) groups excluding carboxylic acids is 1. The molecule has 0 radical (unpaired) electrons. The van der Waals surface area contributed by atoms with E-state index in [4.69, 9.17) is 5.73 Å². The number of nitrogens with two attached hydrogens (primary N) is 1. The van der Waals surface area contributed by atoms with Gasteiger partial charge in [0.1, 0.15) is 0 Å². The molecule has 1 aromatic rings. The van der Waals surface area contributed by atoms with Crippen molar-refractivity contribution in [3.05, 3.63) is 11.4 Å². The van der Waals surface area contributed by atoms with Gasteiger partial charge in [-0.3, -0.25) is 9.89 Å². The molecular weight excluding hydrogens is 228 g/mol. The number of carbonyl (C=O) groups is 1. The molecule has 0 saturated carbocycles. The Bertz CT molecular complexity index is 398. The van der Waals surface area contributed by atoms with Crippen LogP contribution in [0.2, 0.25) is 0 Å². The van der Waals surface area contributed by atoms with Crippen molar-refractivity contribution in [2.75, 3.05) is 5.73 Å². The van der Waals surface area contributed by atoms with Crippen LogP contribution in [0, 0.1) is 5.92 Å². The largest absolute Gasteiger partial charge is 0.395 e. The first kappa shape index (κ1) is 14.5. The minimum absolute atomic E-state index is 0.156. The van der Waals surface area contributed by atoms with Crippen molar-refractivity contribution in [2.45, 2.75) is 53.0 Å². The number of nitrogens with zero attached hydrogens (tertiary/aromatic N) is 1. The van der Waals surface area contributed by atoms with Crippen molar-refractivity contribution in [1.29, 1.82) is 0 Å². The third-order valence-electron chi connectivity index (χ3n) is 3.16. The Hall–Kier alpha value is -1.52. The van der Waals surface area contributed by atoms with Gasteiger partial charge in [-0.05, 0) is 18.8 Å². The van der Waals surface area contributed by atoms with Crippen LogP contribution in [0.5, 0.6) is 0 Å². The molecule has 1 amide bonds. The number of rotatable bonds is 6. The Labute approximate surface area is 109 Å². The predicted octanol–water partition coefficient (Wildman–Crippen LogP) is 2.11. The molecule has 1 atom stereocenters. The molecule has 0 spiro atoms. The molecule has 4 N–H and O–H groups in total. The molecule has 18 heavy (non-hydrogen) atoms. The number of hydrogen-bond acceptors (Lipinski definition) is 3. The van der Waals surface area contributed by atoms with Gasteiger partial charge in [-0.2, -0.15) is 5.10 Å². The minimum atomic E-state index is -0.188. The number of nitrogens with one attached hydrogen (secondary N) is 2. The summed E-state index contributed by atoms with van der Waals surface area (Å²) >= 11 is 0. The van der Waals surface area contributed by atoms with Crippen molar-refractivity contribution in [3.8, 4) is 0 Å². The maximum Gasteiger partial charge on any atom is 0.274 e. The van der Waals surface area contributed by atoms with Crippen LogP contribution in [0.3, 0.4) is 0 Å². The molecule has 1 aromatic heterocycles. The lowest BCUT2D eigenvalue weighted by Crippen LogP contribution is -2.38. The van der Waals surface area contributed by atoms with E-state index in [1.54, 1.807) is 0 Å². The summed E-state index contributed by atoms with van der Waals surface area (Å²) in [6.07, 6.45) is 2.68. The summed E-state index contributed by atoms with van der Waals surface area (Å²) in [5.74, 6) is 0.209. The van der Waals surface area contributed by atoms with Gasteiger partial charge in [-0.1, -0.05) is 34.1 Å². The number of anilines is 1. The highest BCUT2D eigenvalue weighted by atomic mass is 16.2. The summed E-state index contributed by atoms with van der Waals surface area (Å²) < 4.78 is 0. The van der Waals surface area contributed by atoms with Gasteiger partial charge < -0.3 is 11.1 Å². The van der Waals surface area contributed by atoms with E-state index in [1.165, 1.54) is 0 Å².